The van der Waals surface area contributed by atoms with Crippen molar-refractivity contribution in [2.24, 2.45) is 11.1 Å². The largest absolute Gasteiger partial charge is 0.350 e. The Bertz CT molecular complexity index is 259. The van der Waals surface area contributed by atoms with Crippen LogP contribution in [0.5, 0.6) is 0 Å². The van der Waals surface area contributed by atoms with E-state index in [1.165, 1.54) is 0 Å². The second-order valence-electron chi connectivity index (χ2n) is 6.73. The summed E-state index contributed by atoms with van der Waals surface area (Å²) in [4.78, 5) is 11.8. The highest BCUT2D eigenvalue weighted by Gasteiger charge is 2.47. The van der Waals surface area contributed by atoms with Crippen LogP contribution >= 0.6 is 0 Å². The number of hydrogen-bond donors (Lipinski definition) is 2. The lowest BCUT2D eigenvalue weighted by atomic mass is 9.81. The second-order valence-corrected chi connectivity index (χ2v) is 6.73. The molecule has 0 aliphatic heterocycles. The van der Waals surface area contributed by atoms with E-state index in [0.717, 1.165) is 19.3 Å². The third kappa shape index (κ3) is 3.82. The third-order valence-corrected chi connectivity index (χ3v) is 2.67. The van der Waals surface area contributed by atoms with Crippen molar-refractivity contribution in [3.8, 4) is 0 Å². The Hall–Kier alpha value is -0.570. The molecular formula is C12H24N2O. The van der Waals surface area contributed by atoms with Crippen molar-refractivity contribution < 1.29 is 4.79 Å². The van der Waals surface area contributed by atoms with Gasteiger partial charge in [-0.3, -0.25) is 4.79 Å². The van der Waals surface area contributed by atoms with Gasteiger partial charge in [-0.15, -0.1) is 0 Å². The summed E-state index contributed by atoms with van der Waals surface area (Å²) in [5.41, 5.74) is 5.32. The first-order chi connectivity index (χ1) is 6.54. The monoisotopic (exact) mass is 212 g/mol. The van der Waals surface area contributed by atoms with Gasteiger partial charge in [-0.25, -0.2) is 0 Å². The zero-order chi connectivity index (χ0) is 11.9. The van der Waals surface area contributed by atoms with Gasteiger partial charge in [0.1, 0.15) is 0 Å². The van der Waals surface area contributed by atoms with Crippen LogP contribution in [0.15, 0.2) is 0 Å². The van der Waals surface area contributed by atoms with Gasteiger partial charge in [0.05, 0.1) is 5.54 Å². The zero-order valence-electron chi connectivity index (χ0n) is 10.6. The van der Waals surface area contributed by atoms with E-state index in [4.69, 9.17) is 5.73 Å². The summed E-state index contributed by atoms with van der Waals surface area (Å²) >= 11 is 0. The summed E-state index contributed by atoms with van der Waals surface area (Å²) in [5, 5.41) is 3.05. The standard InChI is InChI=1S/C12H24N2O/c1-10(2,3)8-11(4,5)14-9(15)12(13)6-7-12/h6-8,13H2,1-5H3,(H,14,15). The van der Waals surface area contributed by atoms with Crippen molar-refractivity contribution in [3.05, 3.63) is 0 Å². The van der Waals surface area contributed by atoms with Crippen LogP contribution in [0.2, 0.25) is 0 Å². The second kappa shape index (κ2) is 3.48. The van der Waals surface area contributed by atoms with Crippen molar-refractivity contribution >= 4 is 5.91 Å². The number of carbonyl (C=O) groups excluding carboxylic acids is 1. The molecule has 0 aromatic rings. The SMILES string of the molecule is CC(C)(C)CC(C)(C)NC(=O)C1(N)CC1. The Morgan fingerprint density at radius 2 is 1.73 bits per heavy atom. The molecule has 3 N–H and O–H groups in total. The van der Waals surface area contributed by atoms with E-state index < -0.39 is 5.54 Å². The van der Waals surface area contributed by atoms with Crippen LogP contribution < -0.4 is 11.1 Å². The lowest BCUT2D eigenvalue weighted by molar-refractivity contribution is -0.125. The number of nitrogens with two attached hydrogens (primary N) is 1. The quantitative estimate of drug-likeness (QED) is 0.749. The molecule has 0 atom stereocenters. The zero-order valence-corrected chi connectivity index (χ0v) is 10.6. The first-order valence-corrected chi connectivity index (χ1v) is 5.66. The number of rotatable bonds is 3. The van der Waals surface area contributed by atoms with Gasteiger partial charge in [0.2, 0.25) is 5.91 Å². The molecule has 1 fully saturated rings. The Balaban J connectivity index is 2.52. The average molecular weight is 212 g/mol. The maximum Gasteiger partial charge on any atom is 0.240 e. The highest BCUT2D eigenvalue weighted by molar-refractivity contribution is 5.89. The summed E-state index contributed by atoms with van der Waals surface area (Å²) < 4.78 is 0. The summed E-state index contributed by atoms with van der Waals surface area (Å²) in [5.74, 6) is 0.0109. The minimum Gasteiger partial charge on any atom is -0.350 e. The van der Waals surface area contributed by atoms with Crippen molar-refractivity contribution in [3.63, 3.8) is 0 Å². The molecule has 1 amide bonds. The summed E-state index contributed by atoms with van der Waals surface area (Å²) in [6.45, 7) is 10.6. The van der Waals surface area contributed by atoms with Crippen LogP contribution in [0.1, 0.15) is 53.9 Å². The van der Waals surface area contributed by atoms with Crippen molar-refractivity contribution in [2.45, 2.75) is 65.0 Å². The predicted octanol–water partition coefficient (Wildman–Crippen LogP) is 1.81. The van der Waals surface area contributed by atoms with E-state index in [-0.39, 0.29) is 16.9 Å². The van der Waals surface area contributed by atoms with Crippen LogP contribution in [0.4, 0.5) is 0 Å². The molecular weight excluding hydrogens is 188 g/mol. The Morgan fingerprint density at radius 3 is 2.07 bits per heavy atom. The van der Waals surface area contributed by atoms with Crippen molar-refractivity contribution in [2.75, 3.05) is 0 Å². The normalized spacial score (nSPS) is 19.9. The molecule has 1 rings (SSSR count). The average Bonchev–Trinajstić information content (AvgIpc) is 2.61. The Kier molecular flexibility index (Phi) is 2.90. The Labute approximate surface area is 92.8 Å². The van der Waals surface area contributed by atoms with Gasteiger partial charge in [-0.1, -0.05) is 20.8 Å². The minimum absolute atomic E-state index is 0.0109. The molecule has 0 spiro atoms. The molecule has 0 unspecified atom stereocenters. The first kappa shape index (κ1) is 12.5. The van der Waals surface area contributed by atoms with Gasteiger partial charge in [-0.05, 0) is 38.5 Å². The predicted molar refractivity (Wildman–Crippen MR) is 62.4 cm³/mol. The van der Waals surface area contributed by atoms with Crippen LogP contribution in [-0.4, -0.2) is 17.0 Å². The molecule has 1 aliphatic carbocycles. The number of nitrogens with one attached hydrogen (secondary N) is 1. The van der Waals surface area contributed by atoms with E-state index in [0.29, 0.717) is 0 Å². The van der Waals surface area contributed by atoms with E-state index in [1.54, 1.807) is 0 Å². The van der Waals surface area contributed by atoms with E-state index >= 15 is 0 Å². The van der Waals surface area contributed by atoms with Crippen molar-refractivity contribution in [1.29, 1.82) is 0 Å². The maximum atomic E-state index is 11.8. The lowest BCUT2D eigenvalue weighted by Gasteiger charge is -2.34. The molecule has 88 valence electrons. The van der Waals surface area contributed by atoms with E-state index in [9.17, 15) is 4.79 Å². The van der Waals surface area contributed by atoms with Crippen LogP contribution in [-0.2, 0) is 4.79 Å². The topological polar surface area (TPSA) is 55.1 Å². The first-order valence-electron chi connectivity index (χ1n) is 5.66. The molecule has 0 saturated heterocycles. The van der Waals surface area contributed by atoms with Crippen molar-refractivity contribution in [1.82, 2.24) is 5.32 Å². The Morgan fingerprint density at radius 1 is 1.27 bits per heavy atom. The van der Waals surface area contributed by atoms with E-state index in [1.807, 2.05) is 0 Å². The molecule has 0 radical (unpaired) electrons. The smallest absolute Gasteiger partial charge is 0.240 e. The molecule has 0 bridgehead atoms. The summed E-state index contributed by atoms with van der Waals surface area (Å²) in [6, 6.07) is 0. The fourth-order valence-electron chi connectivity index (χ4n) is 2.16. The fourth-order valence-corrected chi connectivity index (χ4v) is 2.16. The van der Waals surface area contributed by atoms with Gasteiger partial charge in [-0.2, -0.15) is 0 Å². The molecule has 3 heteroatoms. The van der Waals surface area contributed by atoms with E-state index in [2.05, 4.69) is 39.9 Å². The van der Waals surface area contributed by atoms with Gasteiger partial charge < -0.3 is 11.1 Å². The maximum absolute atomic E-state index is 11.8. The fraction of sp³-hybridized carbons (Fsp3) is 0.917. The van der Waals surface area contributed by atoms with Gasteiger partial charge in [0.15, 0.2) is 0 Å². The molecule has 1 saturated carbocycles. The third-order valence-electron chi connectivity index (χ3n) is 2.67. The van der Waals surface area contributed by atoms with Crippen LogP contribution in [0, 0.1) is 5.41 Å². The number of carbonyl (C=O) groups is 1. The molecule has 0 aromatic carbocycles. The number of amides is 1. The summed E-state index contributed by atoms with van der Waals surface area (Å²) in [7, 11) is 0. The number of hydrogen-bond acceptors (Lipinski definition) is 2. The molecule has 1 aliphatic rings. The molecule has 3 nitrogen and oxygen atoms in total. The van der Waals surface area contributed by atoms with Crippen LogP contribution in [0.25, 0.3) is 0 Å². The highest BCUT2D eigenvalue weighted by atomic mass is 16.2. The molecule has 15 heavy (non-hydrogen) atoms. The molecule has 0 heterocycles. The highest BCUT2D eigenvalue weighted by Crippen LogP contribution is 2.34. The van der Waals surface area contributed by atoms with Crippen LogP contribution in [0.3, 0.4) is 0 Å². The molecule has 0 aromatic heterocycles. The van der Waals surface area contributed by atoms with Gasteiger partial charge in [0.25, 0.3) is 0 Å². The van der Waals surface area contributed by atoms with Gasteiger partial charge >= 0.3 is 0 Å². The summed E-state index contributed by atoms with van der Waals surface area (Å²) in [6.07, 6.45) is 2.59. The lowest BCUT2D eigenvalue weighted by Crippen LogP contribution is -2.53. The van der Waals surface area contributed by atoms with Gasteiger partial charge in [0, 0.05) is 5.54 Å². The minimum atomic E-state index is -0.560.